The third-order valence-corrected chi connectivity index (χ3v) is 3.30. The number of nitrogens with zero attached hydrogens (tertiary/aromatic N) is 1. The predicted molar refractivity (Wildman–Crippen MR) is 82.5 cm³/mol. The second-order valence-electron chi connectivity index (χ2n) is 5.04. The van der Waals surface area contributed by atoms with Gasteiger partial charge in [0.1, 0.15) is 0 Å². The number of nitrogens with one attached hydrogen (secondary N) is 1. The van der Waals surface area contributed by atoms with E-state index in [1.54, 1.807) is 0 Å². The van der Waals surface area contributed by atoms with Crippen LogP contribution >= 0.6 is 0 Å². The highest BCUT2D eigenvalue weighted by molar-refractivity contribution is 5.47. The minimum atomic E-state index is 0.919. The Labute approximate surface area is 116 Å². The Morgan fingerprint density at radius 2 is 1.47 bits per heavy atom. The minimum Gasteiger partial charge on any atom is -0.370 e. The van der Waals surface area contributed by atoms with E-state index >= 15 is 0 Å². The van der Waals surface area contributed by atoms with Crippen LogP contribution in [0.1, 0.15) is 16.7 Å². The smallest absolute Gasteiger partial charge is 0.0426 e. The summed E-state index contributed by atoms with van der Waals surface area (Å²) < 4.78 is 0. The molecule has 0 radical (unpaired) electrons. The van der Waals surface area contributed by atoms with E-state index in [1.807, 2.05) is 7.05 Å². The van der Waals surface area contributed by atoms with Crippen LogP contribution in [0, 0.1) is 6.92 Å². The minimum absolute atomic E-state index is 0.919. The predicted octanol–water partition coefficient (Wildman–Crippen LogP) is 3.35. The largest absolute Gasteiger partial charge is 0.370 e. The van der Waals surface area contributed by atoms with Gasteiger partial charge in [0.25, 0.3) is 0 Å². The standard InChI is InChI=1S/C17H22N2/c1-14-4-6-16(7-5-14)13-19(3)17-10-8-15(9-11-17)12-18-2/h4-11,18H,12-13H2,1-3H3. The van der Waals surface area contributed by atoms with Crippen LogP contribution in [0.15, 0.2) is 48.5 Å². The second-order valence-corrected chi connectivity index (χ2v) is 5.04. The first-order chi connectivity index (χ1) is 9.19. The van der Waals surface area contributed by atoms with Crippen LogP contribution in [0.2, 0.25) is 0 Å². The van der Waals surface area contributed by atoms with Crippen molar-refractivity contribution < 1.29 is 0 Å². The van der Waals surface area contributed by atoms with Gasteiger partial charge in [0.2, 0.25) is 0 Å². The maximum absolute atomic E-state index is 3.16. The van der Waals surface area contributed by atoms with Crippen LogP contribution in [0.5, 0.6) is 0 Å². The Balaban J connectivity index is 2.02. The lowest BCUT2D eigenvalue weighted by molar-refractivity contribution is 0.817. The first-order valence-corrected chi connectivity index (χ1v) is 6.69. The Morgan fingerprint density at radius 1 is 0.895 bits per heavy atom. The zero-order valence-electron chi connectivity index (χ0n) is 12.0. The fraction of sp³-hybridized carbons (Fsp3) is 0.294. The zero-order valence-corrected chi connectivity index (χ0v) is 12.0. The van der Waals surface area contributed by atoms with Gasteiger partial charge in [0.15, 0.2) is 0 Å². The van der Waals surface area contributed by atoms with Crippen LogP contribution in [0.4, 0.5) is 5.69 Å². The molecule has 0 unspecified atom stereocenters. The molecular formula is C17H22N2. The molecule has 0 fully saturated rings. The molecule has 0 aliphatic carbocycles. The highest BCUT2D eigenvalue weighted by Crippen LogP contribution is 2.16. The molecule has 0 spiro atoms. The number of rotatable bonds is 5. The van der Waals surface area contributed by atoms with Crippen molar-refractivity contribution in [1.29, 1.82) is 0 Å². The van der Waals surface area contributed by atoms with E-state index in [9.17, 15) is 0 Å². The SMILES string of the molecule is CNCc1ccc(N(C)Cc2ccc(C)cc2)cc1. The van der Waals surface area contributed by atoms with Crippen molar-refractivity contribution in [3.8, 4) is 0 Å². The number of anilines is 1. The number of benzene rings is 2. The summed E-state index contributed by atoms with van der Waals surface area (Å²) in [6, 6.07) is 17.4. The van der Waals surface area contributed by atoms with Gasteiger partial charge in [-0.2, -0.15) is 0 Å². The quantitative estimate of drug-likeness (QED) is 0.880. The summed E-state index contributed by atoms with van der Waals surface area (Å²) in [5, 5.41) is 3.16. The topological polar surface area (TPSA) is 15.3 Å². The number of hydrogen-bond acceptors (Lipinski definition) is 2. The van der Waals surface area contributed by atoms with E-state index in [2.05, 4.69) is 72.7 Å². The lowest BCUT2D eigenvalue weighted by Gasteiger charge is -2.20. The molecule has 19 heavy (non-hydrogen) atoms. The van der Waals surface area contributed by atoms with Crippen molar-refractivity contribution in [3.05, 3.63) is 65.2 Å². The van der Waals surface area contributed by atoms with Gasteiger partial charge in [-0.3, -0.25) is 0 Å². The molecule has 0 amide bonds. The normalized spacial score (nSPS) is 10.5. The van der Waals surface area contributed by atoms with Gasteiger partial charge in [-0.25, -0.2) is 0 Å². The van der Waals surface area contributed by atoms with Crippen molar-refractivity contribution in [1.82, 2.24) is 5.32 Å². The van der Waals surface area contributed by atoms with E-state index in [0.717, 1.165) is 13.1 Å². The Hall–Kier alpha value is -1.80. The summed E-state index contributed by atoms with van der Waals surface area (Å²) >= 11 is 0. The van der Waals surface area contributed by atoms with Crippen LogP contribution < -0.4 is 10.2 Å². The molecular weight excluding hydrogens is 232 g/mol. The summed E-state index contributed by atoms with van der Waals surface area (Å²) in [4.78, 5) is 2.27. The van der Waals surface area contributed by atoms with E-state index < -0.39 is 0 Å². The van der Waals surface area contributed by atoms with E-state index in [1.165, 1.54) is 22.4 Å². The summed E-state index contributed by atoms with van der Waals surface area (Å²) in [5.41, 5.74) is 5.21. The Morgan fingerprint density at radius 3 is 2.05 bits per heavy atom. The monoisotopic (exact) mass is 254 g/mol. The molecule has 2 nitrogen and oxygen atoms in total. The Bertz CT molecular complexity index is 500. The van der Waals surface area contributed by atoms with E-state index in [-0.39, 0.29) is 0 Å². The fourth-order valence-electron chi connectivity index (χ4n) is 2.13. The molecule has 0 saturated heterocycles. The van der Waals surface area contributed by atoms with Gasteiger partial charge in [0, 0.05) is 25.8 Å². The average Bonchev–Trinajstić information content (AvgIpc) is 2.42. The molecule has 2 heteroatoms. The summed E-state index contributed by atoms with van der Waals surface area (Å²) in [6.45, 7) is 3.97. The first kappa shape index (κ1) is 13.6. The molecule has 1 N–H and O–H groups in total. The lowest BCUT2D eigenvalue weighted by Crippen LogP contribution is -2.16. The van der Waals surface area contributed by atoms with Crippen LogP contribution in [0.25, 0.3) is 0 Å². The molecule has 2 aromatic carbocycles. The van der Waals surface area contributed by atoms with E-state index in [0.29, 0.717) is 0 Å². The maximum atomic E-state index is 3.16. The Kier molecular flexibility index (Phi) is 4.58. The van der Waals surface area contributed by atoms with E-state index in [4.69, 9.17) is 0 Å². The third-order valence-electron chi connectivity index (χ3n) is 3.30. The molecule has 0 atom stereocenters. The second kappa shape index (κ2) is 6.39. The molecule has 0 heterocycles. The highest BCUT2D eigenvalue weighted by atomic mass is 15.1. The van der Waals surface area contributed by atoms with Gasteiger partial charge in [-0.05, 0) is 37.2 Å². The van der Waals surface area contributed by atoms with Crippen molar-refractivity contribution in [2.24, 2.45) is 0 Å². The molecule has 0 saturated carbocycles. The van der Waals surface area contributed by atoms with Crippen molar-refractivity contribution in [2.45, 2.75) is 20.0 Å². The average molecular weight is 254 g/mol. The first-order valence-electron chi connectivity index (χ1n) is 6.69. The fourth-order valence-corrected chi connectivity index (χ4v) is 2.13. The highest BCUT2D eigenvalue weighted by Gasteiger charge is 2.02. The van der Waals surface area contributed by atoms with Crippen LogP contribution in [0.3, 0.4) is 0 Å². The molecule has 100 valence electrons. The summed E-state index contributed by atoms with van der Waals surface area (Å²) in [5.74, 6) is 0. The maximum Gasteiger partial charge on any atom is 0.0426 e. The van der Waals surface area contributed by atoms with Gasteiger partial charge >= 0.3 is 0 Å². The van der Waals surface area contributed by atoms with Crippen molar-refractivity contribution >= 4 is 5.69 Å². The van der Waals surface area contributed by atoms with Gasteiger partial charge in [-0.1, -0.05) is 42.0 Å². The third kappa shape index (κ3) is 3.83. The molecule has 0 aliphatic rings. The summed E-state index contributed by atoms with van der Waals surface area (Å²) in [7, 11) is 4.10. The van der Waals surface area contributed by atoms with Crippen molar-refractivity contribution in [3.63, 3.8) is 0 Å². The number of aryl methyl sites for hydroxylation is 1. The molecule has 0 aliphatic heterocycles. The molecule has 0 aromatic heterocycles. The zero-order chi connectivity index (χ0) is 13.7. The summed E-state index contributed by atoms with van der Waals surface area (Å²) in [6.07, 6.45) is 0. The van der Waals surface area contributed by atoms with Gasteiger partial charge in [-0.15, -0.1) is 0 Å². The van der Waals surface area contributed by atoms with Gasteiger partial charge in [0.05, 0.1) is 0 Å². The molecule has 0 bridgehead atoms. The molecule has 2 rings (SSSR count). The number of hydrogen-bond donors (Lipinski definition) is 1. The van der Waals surface area contributed by atoms with Crippen molar-refractivity contribution in [2.75, 3.05) is 19.0 Å². The van der Waals surface area contributed by atoms with Crippen LogP contribution in [-0.4, -0.2) is 14.1 Å². The lowest BCUT2D eigenvalue weighted by atomic mass is 10.1. The van der Waals surface area contributed by atoms with Crippen LogP contribution in [-0.2, 0) is 13.1 Å². The van der Waals surface area contributed by atoms with Gasteiger partial charge < -0.3 is 10.2 Å². The molecule has 2 aromatic rings.